The number of fused-ring (bicyclic) bond motifs is 1. The van der Waals surface area contributed by atoms with E-state index in [2.05, 4.69) is 5.32 Å². The lowest BCUT2D eigenvalue weighted by Gasteiger charge is -2.27. The van der Waals surface area contributed by atoms with Crippen LogP contribution < -0.4 is 5.32 Å². The third-order valence-corrected chi connectivity index (χ3v) is 5.32. The number of nitrogens with one attached hydrogen (secondary N) is 1. The summed E-state index contributed by atoms with van der Waals surface area (Å²) in [6.45, 7) is 1.94. The van der Waals surface area contributed by atoms with Crippen LogP contribution in [0.4, 0.5) is 5.69 Å². The van der Waals surface area contributed by atoms with Gasteiger partial charge >= 0.3 is 0 Å². The van der Waals surface area contributed by atoms with Gasteiger partial charge in [-0.2, -0.15) is 0 Å². The molecule has 3 aromatic carbocycles. The van der Waals surface area contributed by atoms with E-state index < -0.39 is 0 Å². The van der Waals surface area contributed by atoms with Crippen LogP contribution in [0.2, 0.25) is 5.02 Å². The predicted molar refractivity (Wildman–Crippen MR) is 111 cm³/mol. The molecule has 0 bridgehead atoms. The van der Waals surface area contributed by atoms with E-state index >= 15 is 0 Å². The van der Waals surface area contributed by atoms with E-state index in [4.69, 9.17) is 11.6 Å². The van der Waals surface area contributed by atoms with Crippen molar-refractivity contribution in [2.45, 2.75) is 19.6 Å². The van der Waals surface area contributed by atoms with E-state index in [1.807, 2.05) is 60.7 Å². The molecular weight excluding hydrogens is 372 g/mol. The molecular formula is C23H19ClN2O2. The Kier molecular flexibility index (Phi) is 4.88. The van der Waals surface area contributed by atoms with Gasteiger partial charge in [0.25, 0.3) is 5.91 Å². The second kappa shape index (κ2) is 7.49. The van der Waals surface area contributed by atoms with Gasteiger partial charge in [0.05, 0.1) is 0 Å². The van der Waals surface area contributed by atoms with Gasteiger partial charge in [-0.25, -0.2) is 0 Å². The summed E-state index contributed by atoms with van der Waals surface area (Å²) in [6.07, 6.45) is -0.317. The van der Waals surface area contributed by atoms with Gasteiger partial charge in [-0.05, 0) is 48.9 Å². The minimum Gasteiger partial charge on any atom is -0.361 e. The van der Waals surface area contributed by atoms with Gasteiger partial charge in [-0.15, -0.1) is 0 Å². The number of benzene rings is 3. The highest BCUT2D eigenvalue weighted by atomic mass is 35.5. The maximum atomic E-state index is 13.1. The number of anilines is 1. The van der Waals surface area contributed by atoms with Crippen LogP contribution in [0.15, 0.2) is 72.8 Å². The molecule has 3 aromatic rings. The van der Waals surface area contributed by atoms with E-state index in [1.54, 1.807) is 24.0 Å². The summed E-state index contributed by atoms with van der Waals surface area (Å²) in [5.41, 5.74) is 4.00. The van der Waals surface area contributed by atoms with E-state index in [0.717, 1.165) is 16.8 Å². The quantitative estimate of drug-likeness (QED) is 0.600. The predicted octanol–water partition coefficient (Wildman–Crippen LogP) is 5.31. The molecule has 0 radical (unpaired) electrons. The lowest BCUT2D eigenvalue weighted by molar-refractivity contribution is 0.0728. The summed E-state index contributed by atoms with van der Waals surface area (Å²) >= 11 is 6.33. The summed E-state index contributed by atoms with van der Waals surface area (Å²) in [5, 5.41) is 4.07. The molecule has 1 amide bonds. The Hall–Kier alpha value is -3.11. The molecule has 140 valence electrons. The Balaban J connectivity index is 1.67. The second-order valence-corrected chi connectivity index (χ2v) is 7.20. The SMILES string of the molecule is CC(=O)c1ccc(NC2c3ccccc3C(=O)N2Cc2ccccc2Cl)cc1. The summed E-state index contributed by atoms with van der Waals surface area (Å²) in [7, 11) is 0. The molecule has 0 aromatic heterocycles. The van der Waals surface area contributed by atoms with Gasteiger partial charge < -0.3 is 10.2 Å². The molecule has 28 heavy (non-hydrogen) atoms. The number of hydrogen-bond acceptors (Lipinski definition) is 3. The minimum absolute atomic E-state index is 0.0216. The maximum Gasteiger partial charge on any atom is 0.256 e. The van der Waals surface area contributed by atoms with Crippen molar-refractivity contribution >= 4 is 29.0 Å². The fourth-order valence-electron chi connectivity index (χ4n) is 3.46. The first-order valence-corrected chi connectivity index (χ1v) is 9.43. The Morgan fingerprint density at radius 2 is 1.68 bits per heavy atom. The normalized spacial score (nSPS) is 15.4. The average molecular weight is 391 g/mol. The molecule has 1 aliphatic rings. The highest BCUT2D eigenvalue weighted by molar-refractivity contribution is 6.31. The number of amides is 1. The van der Waals surface area contributed by atoms with Crippen molar-refractivity contribution in [3.05, 3.63) is 100 Å². The molecule has 0 saturated carbocycles. The highest BCUT2D eigenvalue weighted by Gasteiger charge is 2.36. The zero-order chi connectivity index (χ0) is 19.7. The third-order valence-electron chi connectivity index (χ3n) is 4.95. The molecule has 4 nitrogen and oxygen atoms in total. The van der Waals surface area contributed by atoms with Crippen LogP contribution in [-0.4, -0.2) is 16.6 Å². The average Bonchev–Trinajstić information content (AvgIpc) is 2.96. The Morgan fingerprint density at radius 1 is 1.00 bits per heavy atom. The van der Waals surface area contributed by atoms with Crippen LogP contribution in [0, 0.1) is 0 Å². The second-order valence-electron chi connectivity index (χ2n) is 6.79. The molecule has 1 atom stereocenters. The van der Waals surface area contributed by atoms with Crippen molar-refractivity contribution in [1.29, 1.82) is 0 Å². The first-order chi connectivity index (χ1) is 13.5. The summed E-state index contributed by atoms with van der Waals surface area (Å²) in [5.74, 6) is -0.0124. The van der Waals surface area contributed by atoms with Gasteiger partial charge in [-0.1, -0.05) is 48.0 Å². The van der Waals surface area contributed by atoms with Crippen molar-refractivity contribution in [3.8, 4) is 0 Å². The molecule has 4 rings (SSSR count). The lowest BCUT2D eigenvalue weighted by atomic mass is 10.1. The summed E-state index contributed by atoms with van der Waals surface area (Å²) in [6, 6.07) is 22.4. The Morgan fingerprint density at radius 3 is 2.39 bits per heavy atom. The van der Waals surface area contributed by atoms with Crippen LogP contribution in [0.25, 0.3) is 0 Å². The number of carbonyl (C=O) groups is 2. The van der Waals surface area contributed by atoms with Gasteiger partial charge in [0.2, 0.25) is 0 Å². The smallest absolute Gasteiger partial charge is 0.256 e. The largest absolute Gasteiger partial charge is 0.361 e. The number of hydrogen-bond donors (Lipinski definition) is 1. The van der Waals surface area contributed by atoms with E-state index in [-0.39, 0.29) is 17.9 Å². The molecule has 1 N–H and O–H groups in total. The molecule has 1 heterocycles. The van der Waals surface area contributed by atoms with E-state index in [1.165, 1.54) is 0 Å². The zero-order valence-electron chi connectivity index (χ0n) is 15.4. The molecule has 1 unspecified atom stereocenters. The fraction of sp³-hybridized carbons (Fsp3) is 0.130. The number of ketones is 1. The molecule has 0 spiro atoms. The molecule has 0 fully saturated rings. The maximum absolute atomic E-state index is 13.1. The topological polar surface area (TPSA) is 49.4 Å². The minimum atomic E-state index is -0.317. The third kappa shape index (κ3) is 3.39. The number of halogens is 1. The summed E-state index contributed by atoms with van der Waals surface area (Å²) in [4.78, 5) is 26.3. The van der Waals surface area contributed by atoms with Crippen molar-refractivity contribution in [3.63, 3.8) is 0 Å². The molecule has 5 heteroatoms. The number of carbonyl (C=O) groups excluding carboxylic acids is 2. The summed E-state index contributed by atoms with van der Waals surface area (Å²) < 4.78 is 0. The van der Waals surface area contributed by atoms with E-state index in [9.17, 15) is 9.59 Å². The van der Waals surface area contributed by atoms with Crippen molar-refractivity contribution in [1.82, 2.24) is 4.90 Å². The number of Topliss-reactive ketones (excluding diaryl/α,β-unsaturated/α-hetero) is 1. The van der Waals surface area contributed by atoms with Crippen molar-refractivity contribution in [2.24, 2.45) is 0 Å². The zero-order valence-corrected chi connectivity index (χ0v) is 16.1. The standard InChI is InChI=1S/C23H19ClN2O2/c1-15(27)16-10-12-18(13-11-16)25-22-19-7-3-4-8-20(19)23(28)26(22)14-17-6-2-5-9-21(17)24/h2-13,22,25H,14H2,1H3. The molecule has 0 aliphatic carbocycles. The van der Waals surface area contributed by atoms with E-state index in [0.29, 0.717) is 22.7 Å². The van der Waals surface area contributed by atoms with Crippen LogP contribution in [0.3, 0.4) is 0 Å². The van der Waals surface area contributed by atoms with Crippen molar-refractivity contribution in [2.75, 3.05) is 5.32 Å². The van der Waals surface area contributed by atoms with Crippen LogP contribution >= 0.6 is 11.6 Å². The van der Waals surface area contributed by atoms with Crippen LogP contribution in [-0.2, 0) is 6.54 Å². The number of nitrogens with zero attached hydrogens (tertiary/aromatic N) is 1. The molecule has 1 aliphatic heterocycles. The Labute approximate surface area is 168 Å². The highest BCUT2D eigenvalue weighted by Crippen LogP contribution is 2.36. The van der Waals surface area contributed by atoms with Crippen LogP contribution in [0.1, 0.15) is 44.9 Å². The van der Waals surface area contributed by atoms with Crippen LogP contribution in [0.5, 0.6) is 0 Å². The molecule has 0 saturated heterocycles. The van der Waals surface area contributed by atoms with Gasteiger partial charge in [0.1, 0.15) is 6.17 Å². The van der Waals surface area contributed by atoms with Gasteiger partial charge in [-0.3, -0.25) is 9.59 Å². The Bertz CT molecular complexity index is 1050. The first kappa shape index (κ1) is 18.3. The monoisotopic (exact) mass is 390 g/mol. The van der Waals surface area contributed by atoms with Gasteiger partial charge in [0, 0.05) is 33.9 Å². The number of rotatable bonds is 5. The lowest BCUT2D eigenvalue weighted by Crippen LogP contribution is -2.32. The first-order valence-electron chi connectivity index (χ1n) is 9.05. The van der Waals surface area contributed by atoms with Crippen molar-refractivity contribution < 1.29 is 9.59 Å². The van der Waals surface area contributed by atoms with Gasteiger partial charge in [0.15, 0.2) is 5.78 Å². The fourth-order valence-corrected chi connectivity index (χ4v) is 3.65.